The van der Waals surface area contributed by atoms with Gasteiger partial charge in [-0.1, -0.05) is 24.3 Å². The minimum atomic E-state index is -1.47. The van der Waals surface area contributed by atoms with E-state index < -0.39 is 30.7 Å². The molecule has 5 atom stereocenters. The lowest BCUT2D eigenvalue weighted by molar-refractivity contribution is -0.279. The Morgan fingerprint density at radius 1 is 0.828 bits per heavy atom. The molecule has 1 saturated heterocycles. The first-order valence-corrected chi connectivity index (χ1v) is 9.12. The third-order valence-electron chi connectivity index (χ3n) is 4.46. The van der Waals surface area contributed by atoms with Crippen LogP contribution in [0.15, 0.2) is 54.6 Å². The van der Waals surface area contributed by atoms with Gasteiger partial charge in [0.05, 0.1) is 13.2 Å². The Kier molecular flexibility index (Phi) is 7.08. The summed E-state index contributed by atoms with van der Waals surface area (Å²) in [5.41, 5.74) is 0.890. The van der Waals surface area contributed by atoms with Gasteiger partial charge in [-0.05, 0) is 42.0 Å². The Balaban J connectivity index is 1.52. The Morgan fingerprint density at radius 2 is 1.45 bits per heavy atom. The second kappa shape index (κ2) is 9.73. The minimum absolute atomic E-state index is 0.0275. The van der Waals surface area contributed by atoms with Crippen LogP contribution >= 0.6 is 0 Å². The van der Waals surface area contributed by atoms with E-state index in [4.69, 9.17) is 14.2 Å². The second-order valence-electron chi connectivity index (χ2n) is 6.66. The molecule has 1 heterocycles. The number of aliphatic hydroxyl groups excluding tert-OH is 3. The number of ether oxygens (including phenoxy) is 3. The molecule has 2 aromatic rings. The standard InChI is InChI=1S/C21H24O8/c22-14-5-3-13(4-6-14)2-1-11-27-12-17-18(24)19(25)20(26)21(29-17)28-16-9-7-15(23)8-10-16/h1-10,17-26H,11-12H2/b2-1+/t17-,18-,19+,20-,21-/m1/s1. The molecule has 29 heavy (non-hydrogen) atoms. The topological polar surface area (TPSA) is 129 Å². The van der Waals surface area contributed by atoms with Crippen LogP contribution in [0.2, 0.25) is 0 Å². The molecule has 3 rings (SSSR count). The van der Waals surface area contributed by atoms with E-state index in [2.05, 4.69) is 0 Å². The zero-order valence-electron chi connectivity index (χ0n) is 15.5. The zero-order chi connectivity index (χ0) is 20.8. The highest BCUT2D eigenvalue weighted by molar-refractivity contribution is 5.50. The molecule has 5 N–H and O–H groups in total. The van der Waals surface area contributed by atoms with Gasteiger partial charge in [-0.3, -0.25) is 0 Å². The van der Waals surface area contributed by atoms with Gasteiger partial charge in [-0.15, -0.1) is 0 Å². The fourth-order valence-corrected chi connectivity index (χ4v) is 2.83. The molecule has 0 radical (unpaired) electrons. The fraction of sp³-hybridized carbons (Fsp3) is 0.333. The van der Waals surface area contributed by atoms with Crippen molar-refractivity contribution in [3.63, 3.8) is 0 Å². The number of rotatable bonds is 7. The van der Waals surface area contributed by atoms with Crippen molar-refractivity contribution >= 4 is 6.08 Å². The number of phenols is 2. The maximum atomic E-state index is 10.1. The molecular formula is C21H24O8. The molecular weight excluding hydrogens is 380 g/mol. The van der Waals surface area contributed by atoms with Gasteiger partial charge in [0.2, 0.25) is 6.29 Å². The van der Waals surface area contributed by atoms with E-state index >= 15 is 0 Å². The van der Waals surface area contributed by atoms with Crippen molar-refractivity contribution in [2.24, 2.45) is 0 Å². The lowest BCUT2D eigenvalue weighted by Crippen LogP contribution is -2.60. The van der Waals surface area contributed by atoms with Crippen LogP contribution in [-0.2, 0) is 9.47 Å². The maximum Gasteiger partial charge on any atom is 0.229 e. The Bertz CT molecular complexity index is 789. The summed E-state index contributed by atoms with van der Waals surface area (Å²) in [6.45, 7) is 0.204. The molecule has 2 aromatic carbocycles. The number of aromatic hydroxyl groups is 2. The molecule has 0 amide bonds. The highest BCUT2D eigenvalue weighted by Crippen LogP contribution is 2.25. The Hall–Kier alpha value is -2.62. The smallest absolute Gasteiger partial charge is 0.229 e. The predicted octanol–water partition coefficient (Wildman–Crippen LogP) is 1.01. The van der Waals surface area contributed by atoms with Crippen LogP contribution < -0.4 is 4.74 Å². The summed E-state index contributed by atoms with van der Waals surface area (Å²) in [7, 11) is 0. The van der Waals surface area contributed by atoms with Gasteiger partial charge in [0, 0.05) is 0 Å². The first kappa shape index (κ1) is 21.1. The molecule has 1 aliphatic heterocycles. The minimum Gasteiger partial charge on any atom is -0.508 e. The first-order valence-electron chi connectivity index (χ1n) is 9.12. The summed E-state index contributed by atoms with van der Waals surface area (Å²) in [4.78, 5) is 0. The predicted molar refractivity (Wildman–Crippen MR) is 103 cm³/mol. The van der Waals surface area contributed by atoms with Gasteiger partial charge < -0.3 is 39.7 Å². The van der Waals surface area contributed by atoms with Crippen molar-refractivity contribution in [3.05, 3.63) is 60.2 Å². The quantitative estimate of drug-likeness (QED) is 0.433. The monoisotopic (exact) mass is 404 g/mol. The molecule has 0 bridgehead atoms. The van der Waals surface area contributed by atoms with E-state index in [9.17, 15) is 25.5 Å². The molecule has 0 spiro atoms. The van der Waals surface area contributed by atoms with Crippen LogP contribution in [0.25, 0.3) is 6.08 Å². The zero-order valence-corrected chi connectivity index (χ0v) is 15.5. The number of aliphatic hydroxyl groups is 3. The fourth-order valence-electron chi connectivity index (χ4n) is 2.83. The summed E-state index contributed by atoms with van der Waals surface area (Å²) in [5.74, 6) is 0.572. The van der Waals surface area contributed by atoms with Crippen molar-refractivity contribution in [1.29, 1.82) is 0 Å². The van der Waals surface area contributed by atoms with Crippen LogP contribution in [0.3, 0.4) is 0 Å². The van der Waals surface area contributed by atoms with Crippen LogP contribution in [0.1, 0.15) is 5.56 Å². The van der Waals surface area contributed by atoms with Crippen LogP contribution in [0, 0.1) is 0 Å². The van der Waals surface area contributed by atoms with Gasteiger partial charge in [0.1, 0.15) is 41.7 Å². The summed E-state index contributed by atoms with van der Waals surface area (Å²) >= 11 is 0. The van der Waals surface area contributed by atoms with E-state index in [1.54, 1.807) is 30.3 Å². The molecule has 0 aromatic heterocycles. The number of benzene rings is 2. The molecule has 0 aliphatic carbocycles. The summed E-state index contributed by atoms with van der Waals surface area (Å²) in [6, 6.07) is 12.5. The highest BCUT2D eigenvalue weighted by Gasteiger charge is 2.45. The van der Waals surface area contributed by atoms with Crippen LogP contribution in [0.5, 0.6) is 17.2 Å². The van der Waals surface area contributed by atoms with Gasteiger partial charge in [0.25, 0.3) is 0 Å². The van der Waals surface area contributed by atoms with Crippen LogP contribution in [0.4, 0.5) is 0 Å². The largest absolute Gasteiger partial charge is 0.508 e. The molecule has 8 heteroatoms. The van der Waals surface area contributed by atoms with E-state index in [0.29, 0.717) is 5.75 Å². The highest BCUT2D eigenvalue weighted by atomic mass is 16.7. The average molecular weight is 404 g/mol. The molecule has 1 aliphatic rings. The van der Waals surface area contributed by atoms with Gasteiger partial charge in [-0.25, -0.2) is 0 Å². The Labute approximate surface area is 167 Å². The van der Waals surface area contributed by atoms with E-state index in [-0.39, 0.29) is 24.7 Å². The van der Waals surface area contributed by atoms with Gasteiger partial charge >= 0.3 is 0 Å². The molecule has 0 unspecified atom stereocenters. The van der Waals surface area contributed by atoms with E-state index in [1.165, 1.54) is 24.3 Å². The van der Waals surface area contributed by atoms with Crippen molar-refractivity contribution in [2.45, 2.75) is 30.7 Å². The average Bonchev–Trinajstić information content (AvgIpc) is 2.72. The number of hydrogen-bond acceptors (Lipinski definition) is 8. The summed E-state index contributed by atoms with van der Waals surface area (Å²) < 4.78 is 16.6. The normalized spacial score (nSPS) is 27.2. The Morgan fingerprint density at radius 3 is 2.10 bits per heavy atom. The van der Waals surface area contributed by atoms with E-state index in [0.717, 1.165) is 5.56 Å². The van der Waals surface area contributed by atoms with Crippen molar-refractivity contribution in [2.75, 3.05) is 13.2 Å². The lowest BCUT2D eigenvalue weighted by Gasteiger charge is -2.40. The third-order valence-corrected chi connectivity index (χ3v) is 4.46. The third kappa shape index (κ3) is 5.69. The number of phenolic OH excluding ortho intramolecular Hbond substituents is 2. The maximum absolute atomic E-state index is 10.1. The van der Waals surface area contributed by atoms with Crippen molar-refractivity contribution < 1.29 is 39.7 Å². The van der Waals surface area contributed by atoms with Crippen LogP contribution in [-0.4, -0.2) is 69.5 Å². The molecule has 156 valence electrons. The SMILES string of the molecule is Oc1ccc(/C=C/COC[C@H]2O[C@@H](Oc3ccc(O)cc3)[C@H](O)[C@@H](O)[C@@H]2O)cc1. The lowest BCUT2D eigenvalue weighted by atomic mass is 9.99. The molecule has 0 saturated carbocycles. The van der Waals surface area contributed by atoms with Crippen molar-refractivity contribution in [3.8, 4) is 17.2 Å². The second-order valence-corrected chi connectivity index (χ2v) is 6.66. The summed E-state index contributed by atoms with van der Waals surface area (Å²) in [5, 5.41) is 48.9. The first-order chi connectivity index (χ1) is 13.9. The molecule has 8 nitrogen and oxygen atoms in total. The number of hydrogen-bond donors (Lipinski definition) is 5. The van der Waals surface area contributed by atoms with Gasteiger partial charge in [0.15, 0.2) is 0 Å². The molecule has 1 fully saturated rings. The van der Waals surface area contributed by atoms with Crippen molar-refractivity contribution in [1.82, 2.24) is 0 Å². The summed E-state index contributed by atoms with van der Waals surface area (Å²) in [6.07, 6.45) is -2.80. The van der Waals surface area contributed by atoms with E-state index in [1.807, 2.05) is 6.08 Å². The van der Waals surface area contributed by atoms with Gasteiger partial charge in [-0.2, -0.15) is 0 Å².